The molecule has 1 aromatic heterocycles. The molecule has 0 saturated carbocycles. The third-order valence-corrected chi connectivity index (χ3v) is 4.09. The molecule has 1 N–H and O–H groups in total. The smallest absolute Gasteiger partial charge is 0.333 e. The van der Waals surface area contributed by atoms with E-state index in [0.29, 0.717) is 23.4 Å². The topological polar surface area (TPSA) is 96.6 Å². The predicted octanol–water partition coefficient (Wildman–Crippen LogP) is 3.97. The van der Waals surface area contributed by atoms with Crippen molar-refractivity contribution in [3.8, 4) is 11.1 Å². The quantitative estimate of drug-likeness (QED) is 0.661. The van der Waals surface area contributed by atoms with Gasteiger partial charge in [0, 0.05) is 42.2 Å². The molecule has 0 saturated heterocycles. The van der Waals surface area contributed by atoms with Gasteiger partial charge in [0.2, 0.25) is 0 Å². The molecule has 1 aliphatic rings. The van der Waals surface area contributed by atoms with Crippen molar-refractivity contribution in [2.24, 2.45) is 0 Å². The number of carboxylic acid groups (broad SMARTS) is 1. The van der Waals surface area contributed by atoms with E-state index in [1.807, 2.05) is 19.9 Å². The van der Waals surface area contributed by atoms with Crippen LogP contribution in [0, 0.1) is 24.0 Å². The van der Waals surface area contributed by atoms with Crippen molar-refractivity contribution >= 4 is 17.3 Å². The van der Waals surface area contributed by atoms with Gasteiger partial charge in [-0.15, -0.1) is 0 Å². The summed E-state index contributed by atoms with van der Waals surface area (Å²) in [6.45, 7) is 3.68. The van der Waals surface area contributed by atoms with Crippen LogP contribution in [0.3, 0.4) is 0 Å². The molecular formula is C19H17N3O4. The van der Waals surface area contributed by atoms with Gasteiger partial charge in [-0.25, -0.2) is 4.79 Å². The van der Waals surface area contributed by atoms with Gasteiger partial charge in [-0.1, -0.05) is 18.2 Å². The first-order chi connectivity index (χ1) is 12.4. The van der Waals surface area contributed by atoms with E-state index in [1.54, 1.807) is 35.5 Å². The van der Waals surface area contributed by atoms with Crippen molar-refractivity contribution < 1.29 is 14.8 Å². The van der Waals surface area contributed by atoms with Crippen molar-refractivity contribution in [1.29, 1.82) is 0 Å². The summed E-state index contributed by atoms with van der Waals surface area (Å²) >= 11 is 0. The summed E-state index contributed by atoms with van der Waals surface area (Å²) in [5, 5.41) is 20.4. The molecule has 1 aliphatic heterocycles. The van der Waals surface area contributed by atoms with Crippen molar-refractivity contribution in [3.05, 3.63) is 75.9 Å². The largest absolute Gasteiger partial charge is 0.478 e. The van der Waals surface area contributed by atoms with Gasteiger partial charge in [0.1, 0.15) is 0 Å². The second kappa shape index (κ2) is 6.79. The molecule has 26 heavy (non-hydrogen) atoms. The maximum atomic E-state index is 11.3. The number of carboxylic acids is 1. The Hall–Kier alpha value is -3.48. The minimum Gasteiger partial charge on any atom is -0.478 e. The molecule has 7 heteroatoms. The molecule has 2 heterocycles. The number of non-ortho nitro benzene ring substituents is 1. The summed E-state index contributed by atoms with van der Waals surface area (Å²) in [7, 11) is 0. The van der Waals surface area contributed by atoms with Crippen molar-refractivity contribution in [3.63, 3.8) is 0 Å². The third kappa shape index (κ3) is 3.32. The van der Waals surface area contributed by atoms with Gasteiger partial charge in [-0.2, -0.15) is 0 Å². The lowest BCUT2D eigenvalue weighted by Gasteiger charge is -2.25. The van der Waals surface area contributed by atoms with Crippen LogP contribution in [0.5, 0.6) is 0 Å². The van der Waals surface area contributed by atoms with Crippen molar-refractivity contribution in [2.75, 3.05) is 4.90 Å². The Morgan fingerprint density at radius 3 is 2.77 bits per heavy atom. The average molecular weight is 351 g/mol. The van der Waals surface area contributed by atoms with Gasteiger partial charge < -0.3 is 10.0 Å². The van der Waals surface area contributed by atoms with Crippen molar-refractivity contribution in [1.82, 2.24) is 4.98 Å². The number of aryl methyl sites for hydroxylation is 2. The zero-order valence-corrected chi connectivity index (χ0v) is 14.3. The molecule has 1 aromatic carbocycles. The van der Waals surface area contributed by atoms with Crippen LogP contribution in [0.15, 0.2) is 54.4 Å². The highest BCUT2D eigenvalue weighted by Crippen LogP contribution is 2.36. The number of rotatable bonds is 4. The molecule has 0 spiro atoms. The number of nitro benzene ring substituents is 1. The highest BCUT2D eigenvalue weighted by Gasteiger charge is 2.20. The first-order valence-electron chi connectivity index (χ1n) is 7.99. The molecule has 0 unspecified atom stereocenters. The highest BCUT2D eigenvalue weighted by atomic mass is 16.6. The van der Waals surface area contributed by atoms with Crippen LogP contribution in [0.1, 0.15) is 17.8 Å². The number of carbonyl (C=O) groups is 1. The maximum Gasteiger partial charge on any atom is 0.333 e. The summed E-state index contributed by atoms with van der Waals surface area (Å²) in [5.41, 5.74) is 3.87. The Kier molecular flexibility index (Phi) is 4.53. The van der Waals surface area contributed by atoms with Gasteiger partial charge in [0.25, 0.3) is 5.69 Å². The molecule has 0 radical (unpaired) electrons. The lowest BCUT2D eigenvalue weighted by Crippen LogP contribution is -2.17. The molecule has 0 amide bonds. The molecule has 0 fully saturated rings. The first-order valence-corrected chi connectivity index (χ1v) is 7.99. The SMILES string of the molecule is Cc1cc(-c2cccc([N+](=O)[O-])c2)c(N2C=CCC(C(=O)O)=C2)c(C)n1. The number of allylic oxidation sites excluding steroid dienone is 1. The van der Waals surface area contributed by atoms with E-state index in [2.05, 4.69) is 4.98 Å². The molecule has 3 rings (SSSR count). The van der Waals surface area contributed by atoms with Crippen LogP contribution < -0.4 is 4.90 Å². The first kappa shape index (κ1) is 17.3. The summed E-state index contributed by atoms with van der Waals surface area (Å²) < 4.78 is 0. The Morgan fingerprint density at radius 2 is 2.08 bits per heavy atom. The van der Waals surface area contributed by atoms with E-state index < -0.39 is 10.9 Å². The van der Waals surface area contributed by atoms with E-state index in [1.165, 1.54) is 12.1 Å². The zero-order valence-electron chi connectivity index (χ0n) is 14.3. The van der Waals surface area contributed by atoms with Gasteiger partial charge in [0.15, 0.2) is 0 Å². The standard InChI is InChI=1S/C19H17N3O4/c1-12-9-17(14-5-3-7-16(10-14)22(25)26)18(13(2)20-12)21-8-4-6-15(11-21)19(23)24/h3-5,7-11H,6H2,1-2H3,(H,23,24). The molecule has 0 bridgehead atoms. The fraction of sp³-hybridized carbons (Fsp3) is 0.158. The number of aliphatic carboxylic acids is 1. The summed E-state index contributed by atoms with van der Waals surface area (Å²) in [4.78, 5) is 28.2. The van der Waals surface area contributed by atoms with Gasteiger partial charge in [-0.3, -0.25) is 15.1 Å². The lowest BCUT2D eigenvalue weighted by molar-refractivity contribution is -0.384. The van der Waals surface area contributed by atoms with Gasteiger partial charge in [-0.05, 0) is 25.5 Å². The lowest BCUT2D eigenvalue weighted by atomic mass is 10.0. The number of nitrogens with zero attached hydrogens (tertiary/aromatic N) is 3. The Balaban J connectivity index is 2.20. The minimum absolute atomic E-state index is 0.00322. The van der Waals surface area contributed by atoms with Crippen LogP contribution in [-0.2, 0) is 4.79 Å². The molecule has 0 atom stereocenters. The minimum atomic E-state index is -0.978. The van der Waals surface area contributed by atoms with Crippen LogP contribution in [0.2, 0.25) is 0 Å². The number of benzene rings is 1. The van der Waals surface area contributed by atoms with E-state index in [0.717, 1.165) is 11.3 Å². The Morgan fingerprint density at radius 1 is 1.31 bits per heavy atom. The fourth-order valence-electron chi connectivity index (χ4n) is 2.99. The monoisotopic (exact) mass is 351 g/mol. The summed E-state index contributed by atoms with van der Waals surface area (Å²) in [6, 6.07) is 8.21. The second-order valence-corrected chi connectivity index (χ2v) is 6.01. The van der Waals surface area contributed by atoms with E-state index >= 15 is 0 Å². The van der Waals surface area contributed by atoms with Crippen LogP contribution in [0.4, 0.5) is 11.4 Å². The highest BCUT2D eigenvalue weighted by molar-refractivity contribution is 5.90. The zero-order chi connectivity index (χ0) is 18.8. The van der Waals surface area contributed by atoms with Gasteiger partial charge in [0.05, 0.1) is 21.9 Å². The Bertz CT molecular complexity index is 963. The normalized spacial score (nSPS) is 13.5. The number of aromatic nitrogens is 1. The van der Waals surface area contributed by atoms with Gasteiger partial charge >= 0.3 is 5.97 Å². The predicted molar refractivity (Wildman–Crippen MR) is 97.8 cm³/mol. The number of hydrogen-bond donors (Lipinski definition) is 1. The third-order valence-electron chi connectivity index (χ3n) is 4.09. The molecule has 0 aliphatic carbocycles. The fourth-order valence-corrected chi connectivity index (χ4v) is 2.99. The maximum absolute atomic E-state index is 11.3. The molecule has 2 aromatic rings. The summed E-state index contributed by atoms with van der Waals surface area (Å²) in [6.07, 6.45) is 5.45. The number of hydrogen-bond acceptors (Lipinski definition) is 5. The molecule has 132 valence electrons. The van der Waals surface area contributed by atoms with Crippen molar-refractivity contribution in [2.45, 2.75) is 20.3 Å². The van der Waals surface area contributed by atoms with Crippen LogP contribution >= 0.6 is 0 Å². The number of nitro groups is 1. The van der Waals surface area contributed by atoms with E-state index in [9.17, 15) is 20.0 Å². The van der Waals surface area contributed by atoms with Crippen LogP contribution in [0.25, 0.3) is 11.1 Å². The second-order valence-electron chi connectivity index (χ2n) is 6.01. The number of pyridine rings is 1. The average Bonchev–Trinajstić information content (AvgIpc) is 2.61. The van der Waals surface area contributed by atoms with E-state index in [-0.39, 0.29) is 11.3 Å². The molecule has 7 nitrogen and oxygen atoms in total. The summed E-state index contributed by atoms with van der Waals surface area (Å²) in [5.74, 6) is -0.978. The van der Waals surface area contributed by atoms with Crippen LogP contribution in [-0.4, -0.2) is 21.0 Å². The Labute approximate surface area is 150 Å². The molecular weight excluding hydrogens is 334 g/mol. The van der Waals surface area contributed by atoms with E-state index in [4.69, 9.17) is 0 Å². The number of anilines is 1.